The summed E-state index contributed by atoms with van der Waals surface area (Å²) in [6.45, 7) is -2.37. The number of ether oxygens (including phenoxy) is 3. The van der Waals surface area contributed by atoms with E-state index in [1.807, 2.05) is 60.9 Å². The molecule has 3 aromatic heterocycles. The highest BCUT2D eigenvalue weighted by atomic mass is 32.2. The minimum atomic E-state index is -2.99. The summed E-state index contributed by atoms with van der Waals surface area (Å²) in [5, 5.41) is 5.06. The van der Waals surface area contributed by atoms with Gasteiger partial charge in [0.1, 0.15) is 41.7 Å². The summed E-state index contributed by atoms with van der Waals surface area (Å²) in [7, 11) is 0. The third-order valence-corrected chi connectivity index (χ3v) is 7.69. The van der Waals surface area contributed by atoms with Crippen molar-refractivity contribution in [3.05, 3.63) is 90.1 Å². The zero-order chi connectivity index (χ0) is 26.8. The lowest BCUT2D eigenvalue weighted by atomic mass is 10.2. The number of halogens is 2. The van der Waals surface area contributed by atoms with Crippen LogP contribution in [0.25, 0.3) is 27.4 Å². The number of aromatic nitrogens is 3. The molecule has 0 unspecified atom stereocenters. The van der Waals surface area contributed by atoms with Gasteiger partial charge in [0, 0.05) is 12.1 Å². The summed E-state index contributed by atoms with van der Waals surface area (Å²) in [6, 6.07) is 22.0. The Hall–Kier alpha value is -4.09. The first-order valence-electron chi connectivity index (χ1n) is 11.9. The predicted molar refractivity (Wildman–Crippen MR) is 146 cm³/mol. The van der Waals surface area contributed by atoms with Gasteiger partial charge in [-0.15, -0.1) is 5.10 Å². The molecule has 0 bridgehead atoms. The van der Waals surface area contributed by atoms with E-state index >= 15 is 0 Å². The number of benzene rings is 3. The zero-order valence-electron chi connectivity index (χ0n) is 20.5. The number of thioether (sulfide) groups is 1. The van der Waals surface area contributed by atoms with Gasteiger partial charge in [-0.1, -0.05) is 65.6 Å². The fourth-order valence-electron chi connectivity index (χ4n) is 4.01. The summed E-state index contributed by atoms with van der Waals surface area (Å²) in [4.78, 5) is 5.32. The first kappa shape index (κ1) is 25.2. The van der Waals surface area contributed by atoms with Crippen LogP contribution in [0.5, 0.6) is 17.2 Å². The Morgan fingerprint density at radius 1 is 0.949 bits per heavy atom. The standard InChI is InChI=1S/C28H21F2N3O4S2/c1-38-28-32-33-14-22(31-27(33)39-28)25-13-21-23(11-20(36-26(29)30)12-24(21)37-25)35-16-18-8-5-9-19(10-18)34-15-17-6-3-2-4-7-17/h2-14,26H,15-16H2,1H3. The molecule has 0 saturated carbocycles. The molecule has 39 heavy (non-hydrogen) atoms. The molecule has 3 heterocycles. The van der Waals surface area contributed by atoms with E-state index in [4.69, 9.17) is 13.9 Å². The number of rotatable bonds is 10. The van der Waals surface area contributed by atoms with Crippen molar-refractivity contribution in [1.82, 2.24) is 14.6 Å². The van der Waals surface area contributed by atoms with Crippen molar-refractivity contribution < 1.29 is 27.4 Å². The lowest BCUT2D eigenvalue weighted by molar-refractivity contribution is -0.0498. The van der Waals surface area contributed by atoms with Gasteiger partial charge >= 0.3 is 6.61 Å². The molecule has 6 rings (SSSR count). The van der Waals surface area contributed by atoms with E-state index in [2.05, 4.69) is 14.8 Å². The smallest absolute Gasteiger partial charge is 0.387 e. The Kier molecular flexibility index (Phi) is 7.08. The lowest BCUT2D eigenvalue weighted by Crippen LogP contribution is -2.03. The molecule has 0 radical (unpaired) electrons. The molecule has 0 saturated heterocycles. The second-order valence-electron chi connectivity index (χ2n) is 8.46. The van der Waals surface area contributed by atoms with Gasteiger partial charge < -0.3 is 18.6 Å². The van der Waals surface area contributed by atoms with Gasteiger partial charge in [-0.25, -0.2) is 9.50 Å². The Balaban J connectivity index is 1.25. The Morgan fingerprint density at radius 2 is 1.77 bits per heavy atom. The predicted octanol–water partition coefficient (Wildman–Crippen LogP) is 7.69. The number of hydrogen-bond acceptors (Lipinski definition) is 8. The van der Waals surface area contributed by atoms with Crippen LogP contribution >= 0.6 is 23.1 Å². The molecule has 3 aromatic carbocycles. The zero-order valence-corrected chi connectivity index (χ0v) is 22.2. The molecule has 0 spiro atoms. The normalized spacial score (nSPS) is 11.5. The highest BCUT2D eigenvalue weighted by Gasteiger charge is 2.18. The second-order valence-corrected chi connectivity index (χ2v) is 10.5. The molecule has 198 valence electrons. The first-order valence-corrected chi connectivity index (χ1v) is 13.9. The van der Waals surface area contributed by atoms with Crippen LogP contribution in [0.1, 0.15) is 11.1 Å². The summed E-state index contributed by atoms with van der Waals surface area (Å²) in [5.74, 6) is 1.44. The van der Waals surface area contributed by atoms with Crippen molar-refractivity contribution in [1.29, 1.82) is 0 Å². The molecule has 0 atom stereocenters. The number of furan rings is 1. The summed E-state index contributed by atoms with van der Waals surface area (Å²) < 4.78 is 51.3. The average Bonchev–Trinajstić information content (AvgIpc) is 3.64. The number of imidazole rings is 1. The van der Waals surface area contributed by atoms with Crippen molar-refractivity contribution in [2.24, 2.45) is 0 Å². The molecule has 0 fully saturated rings. The maximum absolute atomic E-state index is 13.0. The fourth-order valence-corrected chi connectivity index (χ4v) is 5.35. The monoisotopic (exact) mass is 565 g/mol. The minimum absolute atomic E-state index is 0.0644. The van der Waals surface area contributed by atoms with Crippen LogP contribution in [0.3, 0.4) is 0 Å². The number of fused-ring (bicyclic) bond motifs is 2. The van der Waals surface area contributed by atoms with Gasteiger partial charge in [-0.05, 0) is 35.6 Å². The quantitative estimate of drug-likeness (QED) is 0.158. The number of nitrogens with zero attached hydrogens (tertiary/aromatic N) is 3. The molecule has 0 aliphatic rings. The van der Waals surface area contributed by atoms with E-state index in [0.29, 0.717) is 40.5 Å². The van der Waals surface area contributed by atoms with E-state index in [1.165, 1.54) is 23.5 Å². The van der Waals surface area contributed by atoms with Gasteiger partial charge in [-0.2, -0.15) is 8.78 Å². The van der Waals surface area contributed by atoms with Gasteiger partial charge in [0.15, 0.2) is 10.1 Å². The van der Waals surface area contributed by atoms with Crippen LogP contribution in [-0.2, 0) is 13.2 Å². The molecule has 7 nitrogen and oxygen atoms in total. The van der Waals surface area contributed by atoms with E-state index in [9.17, 15) is 8.78 Å². The van der Waals surface area contributed by atoms with Crippen LogP contribution in [0.4, 0.5) is 8.78 Å². The van der Waals surface area contributed by atoms with E-state index in [1.54, 1.807) is 28.5 Å². The van der Waals surface area contributed by atoms with Crippen LogP contribution in [0, 0.1) is 0 Å². The molecule has 0 aliphatic heterocycles. The molecule has 0 N–H and O–H groups in total. The van der Waals surface area contributed by atoms with Crippen molar-refractivity contribution >= 4 is 39.0 Å². The summed E-state index contributed by atoms with van der Waals surface area (Å²) in [6.07, 6.45) is 3.72. The number of hydrogen-bond donors (Lipinski definition) is 0. The fraction of sp³-hybridized carbons (Fsp3) is 0.143. The third kappa shape index (κ3) is 5.69. The molecular formula is C28H21F2N3O4S2. The summed E-state index contributed by atoms with van der Waals surface area (Å²) in [5.41, 5.74) is 2.82. The van der Waals surface area contributed by atoms with Gasteiger partial charge in [-0.3, -0.25) is 0 Å². The molecule has 0 amide bonds. The Morgan fingerprint density at radius 3 is 2.56 bits per heavy atom. The van der Waals surface area contributed by atoms with E-state index < -0.39 is 6.61 Å². The molecule has 11 heteroatoms. The molecule has 0 aliphatic carbocycles. The van der Waals surface area contributed by atoms with Crippen molar-refractivity contribution in [3.63, 3.8) is 0 Å². The third-order valence-electron chi connectivity index (χ3n) is 5.79. The first-order chi connectivity index (χ1) is 19.0. The largest absolute Gasteiger partial charge is 0.489 e. The second kappa shape index (κ2) is 11.0. The lowest BCUT2D eigenvalue weighted by Gasteiger charge is -2.11. The minimum Gasteiger partial charge on any atom is -0.489 e. The van der Waals surface area contributed by atoms with Crippen LogP contribution < -0.4 is 14.2 Å². The van der Waals surface area contributed by atoms with Crippen LogP contribution in [-0.4, -0.2) is 27.5 Å². The maximum Gasteiger partial charge on any atom is 0.387 e. The summed E-state index contributed by atoms with van der Waals surface area (Å²) >= 11 is 3.01. The van der Waals surface area contributed by atoms with Crippen LogP contribution in [0.2, 0.25) is 0 Å². The van der Waals surface area contributed by atoms with Crippen molar-refractivity contribution in [2.75, 3.05) is 6.26 Å². The SMILES string of the molecule is CSc1nn2cc(-c3cc4c(OCc5cccc(OCc6ccccc6)c5)cc(OC(F)F)cc4o3)nc2s1. The number of alkyl halides is 2. The Labute approximate surface area is 229 Å². The van der Waals surface area contributed by atoms with Gasteiger partial charge in [0.05, 0.1) is 11.6 Å². The van der Waals surface area contributed by atoms with Crippen molar-refractivity contribution in [2.45, 2.75) is 24.2 Å². The topological polar surface area (TPSA) is 71.0 Å². The van der Waals surface area contributed by atoms with E-state index in [-0.39, 0.29) is 12.4 Å². The average molecular weight is 566 g/mol. The van der Waals surface area contributed by atoms with Gasteiger partial charge in [0.25, 0.3) is 0 Å². The highest BCUT2D eigenvalue weighted by molar-refractivity contribution is 8.00. The molecular weight excluding hydrogens is 544 g/mol. The van der Waals surface area contributed by atoms with E-state index in [0.717, 1.165) is 20.4 Å². The molecule has 6 aromatic rings. The van der Waals surface area contributed by atoms with Gasteiger partial charge in [0.2, 0.25) is 4.96 Å². The highest BCUT2D eigenvalue weighted by Crippen LogP contribution is 2.38. The Bertz CT molecular complexity index is 1700. The van der Waals surface area contributed by atoms with Crippen LogP contribution in [0.15, 0.2) is 87.8 Å². The maximum atomic E-state index is 13.0. The van der Waals surface area contributed by atoms with Crippen molar-refractivity contribution in [3.8, 4) is 28.7 Å².